The molecule has 3 aliphatic heterocycles. The van der Waals surface area contributed by atoms with Gasteiger partial charge in [-0.2, -0.15) is 0 Å². The molecule has 35 heavy (non-hydrogen) atoms. The minimum Gasteiger partial charge on any atom is -0.368 e. The number of hydrogen-bond donors (Lipinski definition) is 2. The van der Waals surface area contributed by atoms with Crippen molar-refractivity contribution in [3.8, 4) is 11.1 Å². The first-order valence-electron chi connectivity index (χ1n) is 13.1. The van der Waals surface area contributed by atoms with Crippen molar-refractivity contribution >= 4 is 23.4 Å². The van der Waals surface area contributed by atoms with Gasteiger partial charge in [-0.1, -0.05) is 55.0 Å². The van der Waals surface area contributed by atoms with Gasteiger partial charge in [0.2, 0.25) is 5.91 Å². The number of amides is 1. The number of hydrogen-bond acceptors (Lipinski definition) is 5. The lowest BCUT2D eigenvalue weighted by molar-refractivity contribution is -0.130. The van der Waals surface area contributed by atoms with Crippen LogP contribution in [-0.2, 0) is 11.3 Å². The highest BCUT2D eigenvalue weighted by atomic mass is 32.2. The van der Waals surface area contributed by atoms with Gasteiger partial charge in [0.15, 0.2) is 0 Å². The molecule has 6 heteroatoms. The van der Waals surface area contributed by atoms with E-state index in [9.17, 15) is 4.79 Å². The minimum absolute atomic E-state index is 0.0737. The molecule has 184 valence electrons. The quantitative estimate of drug-likeness (QED) is 0.630. The Bertz CT molecular complexity index is 1100. The highest BCUT2D eigenvalue weighted by molar-refractivity contribution is 8.01. The molecule has 2 fully saturated rings. The third-order valence-corrected chi connectivity index (χ3v) is 9.55. The number of rotatable bonds is 4. The van der Waals surface area contributed by atoms with Crippen LogP contribution in [0, 0.1) is 5.92 Å². The standard InChI is InChI=1S/C29H36N4OS/c1-20-7-8-23-15-28(35-27(23)13-20)29(34)33-12-11-32(18-25-16-30-19-31-25)26-10-9-22(14-24(26)17-33)21-5-3-2-4-6-21/h2-6,8-10,14,20,25,27-28,30-31H,7,11-13,15-19H2,1H3. The van der Waals surface area contributed by atoms with Gasteiger partial charge in [0.25, 0.3) is 0 Å². The van der Waals surface area contributed by atoms with E-state index in [0.717, 1.165) is 45.2 Å². The molecule has 1 aliphatic carbocycles. The predicted molar refractivity (Wildman–Crippen MR) is 146 cm³/mol. The Morgan fingerprint density at radius 3 is 2.83 bits per heavy atom. The molecular formula is C29H36N4OS. The topological polar surface area (TPSA) is 47.6 Å². The lowest BCUT2D eigenvalue weighted by Crippen LogP contribution is -2.43. The van der Waals surface area contributed by atoms with Gasteiger partial charge in [0.05, 0.1) is 5.25 Å². The van der Waals surface area contributed by atoms with Crippen molar-refractivity contribution in [3.05, 3.63) is 65.7 Å². The van der Waals surface area contributed by atoms with Crippen molar-refractivity contribution in [1.82, 2.24) is 15.5 Å². The van der Waals surface area contributed by atoms with Crippen LogP contribution in [0.3, 0.4) is 0 Å². The Labute approximate surface area is 213 Å². The van der Waals surface area contributed by atoms with E-state index in [-0.39, 0.29) is 5.25 Å². The van der Waals surface area contributed by atoms with Crippen molar-refractivity contribution < 1.29 is 4.79 Å². The second-order valence-electron chi connectivity index (χ2n) is 10.6. The third-order valence-electron chi connectivity index (χ3n) is 8.02. The highest BCUT2D eigenvalue weighted by Crippen LogP contribution is 2.45. The zero-order valence-corrected chi connectivity index (χ0v) is 21.4. The fourth-order valence-electron chi connectivity index (χ4n) is 6.05. The summed E-state index contributed by atoms with van der Waals surface area (Å²) in [7, 11) is 0. The van der Waals surface area contributed by atoms with E-state index in [1.807, 2.05) is 11.8 Å². The number of anilines is 1. The molecule has 0 aromatic heterocycles. The van der Waals surface area contributed by atoms with E-state index in [4.69, 9.17) is 0 Å². The van der Waals surface area contributed by atoms with Crippen LogP contribution in [0.4, 0.5) is 5.69 Å². The average molecular weight is 489 g/mol. The number of carbonyl (C=O) groups is 1. The lowest BCUT2D eigenvalue weighted by Gasteiger charge is -2.28. The number of fused-ring (bicyclic) bond motifs is 2. The summed E-state index contributed by atoms with van der Waals surface area (Å²) in [6.45, 7) is 7.51. The van der Waals surface area contributed by atoms with Gasteiger partial charge in [-0.05, 0) is 54.0 Å². The van der Waals surface area contributed by atoms with Gasteiger partial charge in [-0.25, -0.2) is 0 Å². The molecule has 4 unspecified atom stereocenters. The second-order valence-corrected chi connectivity index (χ2v) is 12.0. The molecule has 3 heterocycles. The fourth-order valence-corrected chi connectivity index (χ4v) is 7.81. The first-order chi connectivity index (χ1) is 17.1. The molecule has 2 N–H and O–H groups in total. The largest absolute Gasteiger partial charge is 0.368 e. The normalized spacial score (nSPS) is 28.3. The first-order valence-corrected chi connectivity index (χ1v) is 14.1. The smallest absolute Gasteiger partial charge is 0.236 e. The van der Waals surface area contributed by atoms with E-state index in [1.165, 1.54) is 40.8 Å². The van der Waals surface area contributed by atoms with Crippen molar-refractivity contribution in [3.63, 3.8) is 0 Å². The lowest BCUT2D eigenvalue weighted by atomic mass is 9.89. The summed E-state index contributed by atoms with van der Waals surface area (Å²) in [6, 6.07) is 17.8. The van der Waals surface area contributed by atoms with Crippen LogP contribution in [0.1, 0.15) is 31.7 Å². The Hall–Kier alpha value is -2.28. The van der Waals surface area contributed by atoms with E-state index in [1.54, 1.807) is 0 Å². The maximum atomic E-state index is 13.8. The maximum absolute atomic E-state index is 13.8. The summed E-state index contributed by atoms with van der Waals surface area (Å²) in [5, 5.41) is 7.60. The molecule has 0 bridgehead atoms. The van der Waals surface area contributed by atoms with Crippen molar-refractivity contribution in [1.29, 1.82) is 0 Å². The van der Waals surface area contributed by atoms with Crippen LogP contribution in [-0.4, -0.2) is 60.2 Å². The predicted octanol–water partition coefficient (Wildman–Crippen LogP) is 4.25. The molecule has 0 saturated carbocycles. The van der Waals surface area contributed by atoms with Crippen molar-refractivity contribution in [2.75, 3.05) is 37.7 Å². The molecule has 0 spiro atoms. The molecule has 6 rings (SSSR count). The van der Waals surface area contributed by atoms with Crippen molar-refractivity contribution in [2.24, 2.45) is 5.92 Å². The molecular weight excluding hydrogens is 452 g/mol. The van der Waals surface area contributed by atoms with Crippen LogP contribution >= 0.6 is 11.8 Å². The third kappa shape index (κ3) is 4.89. The van der Waals surface area contributed by atoms with Gasteiger partial charge in [-0.15, -0.1) is 11.8 Å². The summed E-state index contributed by atoms with van der Waals surface area (Å²) in [4.78, 5) is 18.5. The van der Waals surface area contributed by atoms with Crippen LogP contribution in [0.15, 0.2) is 60.2 Å². The SMILES string of the molecule is CC1CC=C2CC(C(=O)N3CCN(CC4CNCN4)c4ccc(-c5ccccc5)cc4C3)SC2C1. The first kappa shape index (κ1) is 23.1. The molecule has 0 radical (unpaired) electrons. The van der Waals surface area contributed by atoms with E-state index < -0.39 is 0 Å². The van der Waals surface area contributed by atoms with Crippen LogP contribution in [0.25, 0.3) is 11.1 Å². The Morgan fingerprint density at radius 1 is 1.11 bits per heavy atom. The molecule has 2 aromatic carbocycles. The van der Waals surface area contributed by atoms with Gasteiger partial charge in [0, 0.05) is 56.4 Å². The summed E-state index contributed by atoms with van der Waals surface area (Å²) < 4.78 is 0. The van der Waals surface area contributed by atoms with Crippen LogP contribution < -0.4 is 15.5 Å². The van der Waals surface area contributed by atoms with Gasteiger partial charge >= 0.3 is 0 Å². The van der Waals surface area contributed by atoms with Crippen molar-refractivity contribution in [2.45, 2.75) is 49.3 Å². The highest BCUT2D eigenvalue weighted by Gasteiger charge is 2.39. The molecule has 1 amide bonds. The zero-order chi connectivity index (χ0) is 23.8. The van der Waals surface area contributed by atoms with Gasteiger partial charge in [0.1, 0.15) is 0 Å². The molecule has 4 aliphatic rings. The Kier molecular flexibility index (Phi) is 6.61. The second kappa shape index (κ2) is 10.00. The van der Waals surface area contributed by atoms with Crippen LogP contribution in [0.5, 0.6) is 0 Å². The Balaban J connectivity index is 1.26. The van der Waals surface area contributed by atoms with E-state index >= 15 is 0 Å². The van der Waals surface area contributed by atoms with Crippen LogP contribution in [0.2, 0.25) is 0 Å². The van der Waals surface area contributed by atoms with E-state index in [2.05, 4.69) is 82.0 Å². The molecule has 2 aromatic rings. The maximum Gasteiger partial charge on any atom is 0.236 e. The minimum atomic E-state index is 0.0737. The van der Waals surface area contributed by atoms with Gasteiger partial charge < -0.3 is 15.1 Å². The number of nitrogens with one attached hydrogen (secondary N) is 2. The fraction of sp³-hybridized carbons (Fsp3) is 0.483. The average Bonchev–Trinajstić information content (AvgIpc) is 3.51. The molecule has 2 saturated heterocycles. The number of allylic oxidation sites excluding steroid dienone is 1. The van der Waals surface area contributed by atoms with E-state index in [0.29, 0.717) is 23.7 Å². The number of benzene rings is 2. The number of carbonyl (C=O) groups excluding carboxylic acids is 1. The summed E-state index contributed by atoms with van der Waals surface area (Å²) in [6.07, 6.45) is 5.76. The summed E-state index contributed by atoms with van der Waals surface area (Å²) in [5.41, 5.74) is 6.51. The molecule has 4 atom stereocenters. The zero-order valence-electron chi connectivity index (χ0n) is 20.6. The summed E-state index contributed by atoms with van der Waals surface area (Å²) >= 11 is 1.92. The molecule has 5 nitrogen and oxygen atoms in total. The number of thioether (sulfide) groups is 1. The summed E-state index contributed by atoms with van der Waals surface area (Å²) in [5.74, 6) is 1.07. The number of nitrogens with zero attached hydrogens (tertiary/aromatic N) is 2. The monoisotopic (exact) mass is 488 g/mol. The van der Waals surface area contributed by atoms with Gasteiger partial charge in [-0.3, -0.25) is 10.1 Å². The Morgan fingerprint density at radius 2 is 2.00 bits per heavy atom.